The molecule has 0 N–H and O–H groups in total. The lowest BCUT2D eigenvalue weighted by Crippen LogP contribution is -2.35. The maximum absolute atomic E-state index is 10.5. The van der Waals surface area contributed by atoms with Crippen LogP contribution in [0.2, 0.25) is 10.0 Å². The Hall–Kier alpha value is -2.65. The minimum atomic E-state index is -0.359. The first-order valence-electron chi connectivity index (χ1n) is 13.7. The Morgan fingerprint density at radius 1 is 1.05 bits per heavy atom. The van der Waals surface area contributed by atoms with Crippen LogP contribution in [0.15, 0.2) is 66.5 Å². The van der Waals surface area contributed by atoms with Crippen molar-refractivity contribution < 1.29 is 19.8 Å². The van der Waals surface area contributed by atoms with Crippen molar-refractivity contribution >= 4 is 73.0 Å². The number of halogens is 2. The summed E-state index contributed by atoms with van der Waals surface area (Å²) in [6, 6.07) is 16.9. The van der Waals surface area contributed by atoms with Gasteiger partial charge in [-0.05, 0) is 56.0 Å². The molecule has 1 aliphatic heterocycles. The molecule has 40 heavy (non-hydrogen) atoms. The van der Waals surface area contributed by atoms with Gasteiger partial charge in [-0.1, -0.05) is 78.2 Å². The van der Waals surface area contributed by atoms with E-state index in [4.69, 9.17) is 28.1 Å². The fourth-order valence-electron chi connectivity index (χ4n) is 5.28. The number of nitrogens with zero attached hydrogens (tertiary/aromatic N) is 3. The molecule has 0 aliphatic carbocycles. The molecule has 0 radical (unpaired) electrons. The lowest BCUT2D eigenvalue weighted by Gasteiger charge is -2.25. The number of thiazole rings is 1. The quantitative estimate of drug-likeness (QED) is 0.101. The third-order valence-corrected chi connectivity index (χ3v) is 9.10. The van der Waals surface area contributed by atoms with Gasteiger partial charge >= 0.3 is 0 Å². The fourth-order valence-corrected chi connectivity index (χ4v) is 6.71. The maximum atomic E-state index is 10.5. The van der Waals surface area contributed by atoms with E-state index in [2.05, 4.69) is 87.9 Å². The first-order valence-corrected chi connectivity index (χ1v) is 15.3. The van der Waals surface area contributed by atoms with Crippen molar-refractivity contribution in [2.45, 2.75) is 52.7 Å². The molecule has 0 amide bonds. The van der Waals surface area contributed by atoms with Gasteiger partial charge in [-0.3, -0.25) is 5.04 Å². The number of hydrogen-bond donors (Lipinski definition) is 0. The SMILES string of the molecule is CCCC[n+]1c(/C=C/C=C2\N(CC)c3cc(Cl)c(Cl)cc3N2CCC(C)OO[O-])sc2ccc3ccccc3c21. The largest absolute Gasteiger partial charge is 0.692 e. The number of benzene rings is 3. The van der Waals surface area contributed by atoms with Crippen LogP contribution in [0.1, 0.15) is 45.0 Å². The molecular weight excluding hydrogens is 565 g/mol. The molecule has 0 bridgehead atoms. The van der Waals surface area contributed by atoms with Crippen LogP contribution in [0.3, 0.4) is 0 Å². The summed E-state index contributed by atoms with van der Waals surface area (Å²) >= 11 is 14.7. The van der Waals surface area contributed by atoms with E-state index < -0.39 is 0 Å². The van der Waals surface area contributed by atoms with Gasteiger partial charge in [0.05, 0.1) is 32.9 Å². The third-order valence-electron chi connectivity index (χ3n) is 7.26. The predicted molar refractivity (Wildman–Crippen MR) is 165 cm³/mol. The second kappa shape index (κ2) is 12.9. The summed E-state index contributed by atoms with van der Waals surface area (Å²) in [6.45, 7) is 8.48. The highest BCUT2D eigenvalue weighted by molar-refractivity contribution is 7.19. The molecule has 2 heterocycles. The summed E-state index contributed by atoms with van der Waals surface area (Å²) in [4.78, 5) is 9.20. The highest BCUT2D eigenvalue weighted by Gasteiger charge is 2.31. The number of unbranched alkanes of at least 4 members (excludes halogenated alkanes) is 1. The number of aromatic nitrogens is 1. The van der Waals surface area contributed by atoms with E-state index in [0.717, 1.165) is 43.1 Å². The van der Waals surface area contributed by atoms with E-state index in [1.807, 2.05) is 30.4 Å². The number of rotatable bonds is 11. The Balaban J connectivity index is 1.54. The average Bonchev–Trinajstić information content (AvgIpc) is 3.45. The van der Waals surface area contributed by atoms with Gasteiger partial charge in [-0.2, -0.15) is 4.57 Å². The number of anilines is 2. The van der Waals surface area contributed by atoms with E-state index in [9.17, 15) is 5.26 Å². The fraction of sp³-hybridized carbons (Fsp3) is 0.323. The number of fused-ring (bicyclic) bond motifs is 4. The zero-order chi connectivity index (χ0) is 28.2. The second-order valence-electron chi connectivity index (χ2n) is 9.88. The van der Waals surface area contributed by atoms with Crippen molar-refractivity contribution in [3.8, 4) is 0 Å². The van der Waals surface area contributed by atoms with Crippen molar-refractivity contribution in [2.24, 2.45) is 0 Å². The Morgan fingerprint density at radius 2 is 1.80 bits per heavy atom. The van der Waals surface area contributed by atoms with Crippen molar-refractivity contribution in [3.05, 3.63) is 81.6 Å². The Bertz CT molecular complexity index is 1570. The lowest BCUT2D eigenvalue weighted by molar-refractivity contribution is -0.804. The number of aryl methyl sites for hydroxylation is 1. The molecule has 1 aromatic heterocycles. The van der Waals surface area contributed by atoms with Gasteiger partial charge in [0.25, 0.3) is 5.01 Å². The molecule has 1 aliphatic rings. The van der Waals surface area contributed by atoms with Gasteiger partial charge in [0.1, 0.15) is 10.5 Å². The van der Waals surface area contributed by atoms with E-state index >= 15 is 0 Å². The molecule has 3 aromatic carbocycles. The van der Waals surface area contributed by atoms with Gasteiger partial charge in [0, 0.05) is 25.6 Å². The molecule has 1 unspecified atom stereocenters. The standard InChI is InChI=1S/C31H33Cl2N3O3S/c1-4-6-17-36-30(40-28-15-14-22-10-7-8-11-23(22)31(28)36)13-9-12-29-34(5-2)26-19-24(32)25(33)20-27(26)35(29)18-16-21(3)38-39-37/h7-15,19-21H,4-6,16-18H2,1-3H3. The zero-order valence-corrected chi connectivity index (χ0v) is 25.2. The highest BCUT2D eigenvalue weighted by Crippen LogP contribution is 2.45. The monoisotopic (exact) mass is 597 g/mol. The van der Waals surface area contributed by atoms with Crippen LogP contribution >= 0.6 is 34.5 Å². The Labute approximate surface area is 249 Å². The van der Waals surface area contributed by atoms with Crippen molar-refractivity contribution in [1.29, 1.82) is 0 Å². The van der Waals surface area contributed by atoms with Crippen LogP contribution < -0.4 is 19.6 Å². The minimum Gasteiger partial charge on any atom is -0.692 e. The molecule has 4 aromatic rings. The Morgan fingerprint density at radius 3 is 2.52 bits per heavy atom. The molecule has 6 nitrogen and oxygen atoms in total. The van der Waals surface area contributed by atoms with Crippen LogP contribution in [0.25, 0.3) is 27.1 Å². The molecule has 0 fully saturated rings. The van der Waals surface area contributed by atoms with Crippen LogP contribution in [-0.4, -0.2) is 19.2 Å². The summed E-state index contributed by atoms with van der Waals surface area (Å²) < 4.78 is 3.74. The predicted octanol–water partition coefficient (Wildman–Crippen LogP) is 7.65. The molecule has 5 rings (SSSR count). The summed E-state index contributed by atoms with van der Waals surface area (Å²) in [6.07, 6.45) is 8.93. The van der Waals surface area contributed by atoms with Gasteiger partial charge in [-0.15, -0.1) is 0 Å². The van der Waals surface area contributed by atoms with E-state index in [1.54, 1.807) is 0 Å². The molecule has 9 heteroatoms. The van der Waals surface area contributed by atoms with Gasteiger partial charge < -0.3 is 15.1 Å². The van der Waals surface area contributed by atoms with Crippen LogP contribution in [0.5, 0.6) is 0 Å². The first kappa shape index (κ1) is 28.9. The van der Waals surface area contributed by atoms with Crippen molar-refractivity contribution in [3.63, 3.8) is 0 Å². The van der Waals surface area contributed by atoms with E-state index in [-0.39, 0.29) is 6.10 Å². The smallest absolute Gasteiger partial charge is 0.262 e. The average molecular weight is 599 g/mol. The molecule has 0 saturated heterocycles. The van der Waals surface area contributed by atoms with Gasteiger partial charge in [-0.25, -0.2) is 4.89 Å². The van der Waals surface area contributed by atoms with Crippen LogP contribution in [0, 0.1) is 0 Å². The normalized spacial score (nSPS) is 15.3. The molecule has 210 valence electrons. The molecule has 0 spiro atoms. The minimum absolute atomic E-state index is 0.359. The maximum Gasteiger partial charge on any atom is 0.262 e. The lowest BCUT2D eigenvalue weighted by atomic mass is 10.1. The van der Waals surface area contributed by atoms with Crippen molar-refractivity contribution in [2.75, 3.05) is 22.9 Å². The van der Waals surface area contributed by atoms with E-state index in [1.165, 1.54) is 26.0 Å². The summed E-state index contributed by atoms with van der Waals surface area (Å²) in [7, 11) is 0. The third kappa shape index (κ3) is 5.73. The molecule has 1 atom stereocenters. The van der Waals surface area contributed by atoms with Crippen LogP contribution in [0.4, 0.5) is 11.4 Å². The molecular formula is C31H33Cl2N3O3S. The van der Waals surface area contributed by atoms with Gasteiger partial charge in [0.2, 0.25) is 5.52 Å². The highest BCUT2D eigenvalue weighted by atomic mass is 35.5. The summed E-state index contributed by atoms with van der Waals surface area (Å²) in [5.41, 5.74) is 3.27. The topological polar surface area (TPSA) is 51.9 Å². The summed E-state index contributed by atoms with van der Waals surface area (Å²) in [5.74, 6) is 1.01. The van der Waals surface area contributed by atoms with Gasteiger partial charge in [0.15, 0.2) is 6.54 Å². The van der Waals surface area contributed by atoms with Crippen molar-refractivity contribution in [1.82, 2.24) is 0 Å². The van der Waals surface area contributed by atoms with E-state index in [0.29, 0.717) is 23.0 Å². The second-order valence-corrected chi connectivity index (χ2v) is 11.8. The zero-order valence-electron chi connectivity index (χ0n) is 22.9. The number of hydrogen-bond acceptors (Lipinski definition) is 6. The molecule has 0 saturated carbocycles. The summed E-state index contributed by atoms with van der Waals surface area (Å²) in [5, 5.41) is 18.9. The van der Waals surface area contributed by atoms with Crippen LogP contribution in [-0.2, 0) is 16.5 Å². The number of allylic oxidation sites excluding steroid dienone is 2. The first-order chi connectivity index (χ1) is 19.5. The Kier molecular flexibility index (Phi) is 9.31.